The van der Waals surface area contributed by atoms with Crippen LogP contribution in [0.15, 0.2) is 42.5 Å². The Morgan fingerprint density at radius 1 is 1.23 bits per heavy atom. The predicted octanol–water partition coefficient (Wildman–Crippen LogP) is 3.55. The average Bonchev–Trinajstić information content (AvgIpc) is 3.04. The third-order valence-electron chi connectivity index (χ3n) is 3.96. The van der Waals surface area contributed by atoms with Gasteiger partial charge in [-0.15, -0.1) is 12.4 Å². The molecule has 2 unspecified atom stereocenters. The van der Waals surface area contributed by atoms with E-state index in [4.69, 9.17) is 27.9 Å². The van der Waals surface area contributed by atoms with Crippen molar-refractivity contribution in [1.82, 2.24) is 10.6 Å². The van der Waals surface area contributed by atoms with Crippen LogP contribution >= 0.6 is 35.6 Å². The largest absolute Gasteiger partial charge is 0.456 e. The molecule has 0 saturated carbocycles. The predicted molar refractivity (Wildman–Crippen MR) is 104 cm³/mol. The molecule has 8 heteroatoms. The van der Waals surface area contributed by atoms with Crippen LogP contribution < -0.4 is 15.4 Å². The van der Waals surface area contributed by atoms with Gasteiger partial charge in [0.25, 0.3) is 0 Å². The van der Waals surface area contributed by atoms with E-state index in [1.807, 2.05) is 12.1 Å². The number of aliphatic hydroxyl groups is 1. The van der Waals surface area contributed by atoms with Crippen molar-refractivity contribution in [1.29, 1.82) is 0 Å². The molecule has 3 N–H and O–H groups in total. The number of nitrogens with one attached hydrogen (secondary N) is 2. The number of rotatable bonds is 5. The van der Waals surface area contributed by atoms with Crippen molar-refractivity contribution in [3.8, 4) is 11.5 Å². The van der Waals surface area contributed by atoms with Crippen molar-refractivity contribution in [2.45, 2.75) is 25.1 Å². The first-order valence-corrected chi connectivity index (χ1v) is 8.68. The Labute approximate surface area is 168 Å². The molecule has 0 spiro atoms. The normalized spacial score (nSPS) is 18.9. The fourth-order valence-electron chi connectivity index (χ4n) is 2.59. The van der Waals surface area contributed by atoms with Crippen LogP contribution in [0.2, 0.25) is 10.0 Å². The number of hydrogen-bond acceptors (Lipinski definition) is 4. The van der Waals surface area contributed by atoms with Crippen LogP contribution in [0.5, 0.6) is 11.5 Å². The molecule has 1 saturated heterocycles. The van der Waals surface area contributed by atoms with Gasteiger partial charge in [0.1, 0.15) is 16.5 Å². The molecule has 1 heterocycles. The summed E-state index contributed by atoms with van der Waals surface area (Å²) in [5.41, 5.74) is 0.941. The highest BCUT2D eigenvalue weighted by molar-refractivity contribution is 6.42. The summed E-state index contributed by atoms with van der Waals surface area (Å²) in [5.74, 6) is 1.00. The summed E-state index contributed by atoms with van der Waals surface area (Å²) >= 11 is 12.1. The molecule has 5 nitrogen and oxygen atoms in total. The first-order valence-electron chi connectivity index (χ1n) is 7.93. The van der Waals surface area contributed by atoms with Gasteiger partial charge in [0.2, 0.25) is 5.91 Å². The van der Waals surface area contributed by atoms with E-state index >= 15 is 0 Å². The maximum atomic E-state index is 12.0. The topological polar surface area (TPSA) is 70.6 Å². The molecule has 0 radical (unpaired) electrons. The highest BCUT2D eigenvalue weighted by Gasteiger charge is 2.27. The van der Waals surface area contributed by atoms with Gasteiger partial charge < -0.3 is 20.5 Å². The third-order valence-corrected chi connectivity index (χ3v) is 4.76. The number of carbonyl (C=O) groups excluding carboxylic acids is 1. The van der Waals surface area contributed by atoms with Crippen LogP contribution in [0.1, 0.15) is 12.0 Å². The zero-order valence-corrected chi connectivity index (χ0v) is 16.1. The Bertz CT molecular complexity index is 756. The fourth-order valence-corrected chi connectivity index (χ4v) is 2.92. The maximum absolute atomic E-state index is 12.0. The number of ether oxygens (including phenoxy) is 1. The van der Waals surface area contributed by atoms with E-state index in [0.717, 1.165) is 5.56 Å². The summed E-state index contributed by atoms with van der Waals surface area (Å²) in [5, 5.41) is 16.1. The van der Waals surface area contributed by atoms with Gasteiger partial charge >= 0.3 is 0 Å². The molecule has 0 aromatic heterocycles. The van der Waals surface area contributed by atoms with E-state index in [0.29, 0.717) is 41.1 Å². The van der Waals surface area contributed by atoms with E-state index in [-0.39, 0.29) is 24.4 Å². The molecular weight excluding hydrogens is 399 g/mol. The lowest BCUT2D eigenvalue weighted by molar-refractivity contribution is -0.123. The molecule has 26 heavy (non-hydrogen) atoms. The molecule has 1 fully saturated rings. The second-order valence-electron chi connectivity index (χ2n) is 5.87. The van der Waals surface area contributed by atoms with Gasteiger partial charge in [0.15, 0.2) is 0 Å². The van der Waals surface area contributed by atoms with Crippen LogP contribution in [0, 0.1) is 0 Å². The summed E-state index contributed by atoms with van der Waals surface area (Å²) in [4.78, 5) is 12.0. The Balaban J connectivity index is 0.00000243. The van der Waals surface area contributed by atoms with Crippen LogP contribution in [0.4, 0.5) is 0 Å². The van der Waals surface area contributed by atoms with Gasteiger partial charge in [-0.3, -0.25) is 4.79 Å². The highest BCUT2D eigenvalue weighted by atomic mass is 35.5. The van der Waals surface area contributed by atoms with E-state index in [9.17, 15) is 9.90 Å². The van der Waals surface area contributed by atoms with Crippen molar-refractivity contribution in [3.05, 3.63) is 58.1 Å². The highest BCUT2D eigenvalue weighted by Crippen LogP contribution is 2.34. The Morgan fingerprint density at radius 3 is 2.62 bits per heavy atom. The minimum atomic E-state index is -0.453. The minimum Gasteiger partial charge on any atom is -0.456 e. The van der Waals surface area contributed by atoms with Crippen molar-refractivity contribution in [2.75, 3.05) is 6.54 Å². The van der Waals surface area contributed by atoms with Crippen molar-refractivity contribution >= 4 is 41.5 Å². The molecule has 3 rings (SSSR count). The molecule has 1 aliphatic heterocycles. The Morgan fingerprint density at radius 2 is 1.96 bits per heavy atom. The van der Waals surface area contributed by atoms with Gasteiger partial charge in [-0.05, 0) is 36.2 Å². The minimum absolute atomic E-state index is 0. The number of aliphatic hydroxyl groups excluding tert-OH is 1. The number of halogens is 3. The van der Waals surface area contributed by atoms with Crippen molar-refractivity contribution in [2.24, 2.45) is 0 Å². The molecule has 0 bridgehead atoms. The monoisotopic (exact) mass is 416 g/mol. The Kier molecular flexibility index (Phi) is 7.55. The van der Waals surface area contributed by atoms with Crippen molar-refractivity contribution in [3.63, 3.8) is 0 Å². The summed E-state index contributed by atoms with van der Waals surface area (Å²) in [6, 6.07) is 12.2. The maximum Gasteiger partial charge on any atom is 0.237 e. The summed E-state index contributed by atoms with van der Waals surface area (Å²) in [6.07, 6.45) is -0.00979. The lowest BCUT2D eigenvalue weighted by atomic mass is 10.1. The van der Waals surface area contributed by atoms with Gasteiger partial charge in [-0.2, -0.15) is 0 Å². The fraction of sp³-hybridized carbons (Fsp3) is 0.278. The number of β-amino-alcohol motifs (C(OH)–C–C–N with tert-alkyl or cyclic N) is 1. The van der Waals surface area contributed by atoms with Crippen LogP contribution in [0.3, 0.4) is 0 Å². The number of benzene rings is 2. The second-order valence-corrected chi connectivity index (χ2v) is 6.65. The average molecular weight is 418 g/mol. The van der Waals surface area contributed by atoms with Crippen LogP contribution in [-0.4, -0.2) is 29.7 Å². The molecule has 2 aromatic carbocycles. The summed E-state index contributed by atoms with van der Waals surface area (Å²) in [6.45, 7) is 0.863. The van der Waals surface area contributed by atoms with Gasteiger partial charge in [0.05, 0.1) is 17.2 Å². The van der Waals surface area contributed by atoms with E-state index in [2.05, 4.69) is 10.6 Å². The molecule has 1 aliphatic rings. The third kappa shape index (κ3) is 5.25. The summed E-state index contributed by atoms with van der Waals surface area (Å²) in [7, 11) is 0. The van der Waals surface area contributed by atoms with Gasteiger partial charge in [0, 0.05) is 13.1 Å². The quantitative estimate of drug-likeness (QED) is 0.696. The van der Waals surface area contributed by atoms with Crippen molar-refractivity contribution < 1.29 is 14.6 Å². The van der Waals surface area contributed by atoms with E-state index in [1.54, 1.807) is 30.3 Å². The molecular formula is C18H19Cl3N2O3. The van der Waals surface area contributed by atoms with Gasteiger partial charge in [-0.1, -0.05) is 41.4 Å². The number of amides is 1. The first-order chi connectivity index (χ1) is 12.0. The standard InChI is InChI=1S/C18H18Cl2N2O3.ClH/c19-14-2-1-3-16(17(14)20)25-13-6-4-11(5-7-13)9-22-18(24)15-8-12(23)10-21-15;/h1-7,12,15,21,23H,8-10H2,(H,22,24);1H. The SMILES string of the molecule is Cl.O=C(NCc1ccc(Oc2cccc(Cl)c2Cl)cc1)C1CC(O)CN1. The zero-order valence-electron chi connectivity index (χ0n) is 13.7. The molecule has 2 atom stereocenters. The van der Waals surface area contributed by atoms with E-state index < -0.39 is 6.10 Å². The Hall–Kier alpha value is -1.50. The van der Waals surface area contributed by atoms with Gasteiger partial charge in [-0.25, -0.2) is 0 Å². The lowest BCUT2D eigenvalue weighted by Crippen LogP contribution is -2.39. The lowest BCUT2D eigenvalue weighted by Gasteiger charge is -2.12. The molecule has 1 amide bonds. The molecule has 140 valence electrons. The molecule has 0 aliphatic carbocycles. The number of hydrogen-bond donors (Lipinski definition) is 3. The van der Waals surface area contributed by atoms with Crippen LogP contribution in [-0.2, 0) is 11.3 Å². The smallest absolute Gasteiger partial charge is 0.237 e. The zero-order chi connectivity index (χ0) is 17.8. The first kappa shape index (κ1) is 20.8. The van der Waals surface area contributed by atoms with E-state index in [1.165, 1.54) is 0 Å². The molecule has 2 aromatic rings. The second kappa shape index (κ2) is 9.44. The van der Waals surface area contributed by atoms with Crippen LogP contribution in [0.25, 0.3) is 0 Å². The summed E-state index contributed by atoms with van der Waals surface area (Å²) < 4.78 is 5.72. The number of carbonyl (C=O) groups is 1.